The molecule has 0 rings (SSSR count). The number of halogens is 3. The minimum Gasteiger partial charge on any atom is -0.353 e. The summed E-state index contributed by atoms with van der Waals surface area (Å²) in [5.74, 6) is 0.608. The van der Waals surface area contributed by atoms with Gasteiger partial charge in [-0.1, -0.05) is 76.6 Å². The maximum absolute atomic E-state index is 12.1. The fraction of sp³-hybridized carbons (Fsp3) is 0.800. The van der Waals surface area contributed by atoms with E-state index in [-0.39, 0.29) is 14.7 Å². The fourth-order valence-corrected chi connectivity index (χ4v) is 3.32. The lowest BCUT2D eigenvalue weighted by Crippen LogP contribution is -2.40. The van der Waals surface area contributed by atoms with E-state index < -0.39 is 4.92 Å². The molecule has 0 aromatic heterocycles. The molecule has 0 radical (unpaired) electrons. The average Bonchev–Trinajstić information content (AvgIpc) is 2.66. The SMILES string of the molecule is CCCCN(CCCC)C(=C(C(Cl)=C(Cl)Br)[N+](=O)[O-])N(CCCC)CCCC. The molecule has 8 heteroatoms. The van der Waals surface area contributed by atoms with Gasteiger partial charge in [0.25, 0.3) is 0 Å². The van der Waals surface area contributed by atoms with Crippen molar-refractivity contribution in [1.29, 1.82) is 0 Å². The van der Waals surface area contributed by atoms with Gasteiger partial charge < -0.3 is 9.80 Å². The van der Waals surface area contributed by atoms with Crippen LogP contribution in [-0.4, -0.2) is 40.9 Å². The van der Waals surface area contributed by atoms with E-state index in [0.717, 1.165) is 77.5 Å². The Morgan fingerprint density at radius 2 is 1.14 bits per heavy atom. The highest BCUT2D eigenvalue weighted by Crippen LogP contribution is 2.32. The van der Waals surface area contributed by atoms with Gasteiger partial charge in [0.2, 0.25) is 0 Å². The predicted octanol–water partition coefficient (Wildman–Crippen LogP) is 7.28. The van der Waals surface area contributed by atoms with Gasteiger partial charge in [0.05, 0.1) is 4.92 Å². The predicted molar refractivity (Wildman–Crippen MR) is 124 cm³/mol. The van der Waals surface area contributed by atoms with Crippen LogP contribution >= 0.6 is 39.1 Å². The van der Waals surface area contributed by atoms with Gasteiger partial charge in [-0.3, -0.25) is 10.1 Å². The van der Waals surface area contributed by atoms with Crippen molar-refractivity contribution in [3.8, 4) is 0 Å². The molecule has 0 N–H and O–H groups in total. The van der Waals surface area contributed by atoms with Gasteiger partial charge in [-0.15, -0.1) is 0 Å². The highest BCUT2D eigenvalue weighted by molar-refractivity contribution is 9.12. The van der Waals surface area contributed by atoms with Gasteiger partial charge in [0.1, 0.15) is 8.97 Å². The van der Waals surface area contributed by atoms with E-state index in [0.29, 0.717) is 5.82 Å². The van der Waals surface area contributed by atoms with Crippen molar-refractivity contribution in [1.82, 2.24) is 9.80 Å². The minimum atomic E-state index is -0.392. The molecule has 0 aromatic rings. The molecule has 164 valence electrons. The lowest BCUT2D eigenvalue weighted by molar-refractivity contribution is -0.423. The second-order valence-corrected chi connectivity index (χ2v) is 8.90. The zero-order valence-electron chi connectivity index (χ0n) is 17.8. The highest BCUT2D eigenvalue weighted by Gasteiger charge is 2.32. The maximum Gasteiger partial charge on any atom is 0.329 e. The summed E-state index contributed by atoms with van der Waals surface area (Å²) in [5.41, 5.74) is -0.108. The number of unbranched alkanes of at least 4 members (excludes halogenated alkanes) is 4. The zero-order valence-corrected chi connectivity index (χ0v) is 20.9. The topological polar surface area (TPSA) is 49.6 Å². The first-order valence-corrected chi connectivity index (χ1v) is 12.0. The van der Waals surface area contributed by atoms with Crippen molar-refractivity contribution < 1.29 is 4.92 Å². The largest absolute Gasteiger partial charge is 0.353 e. The van der Waals surface area contributed by atoms with Crippen LogP contribution in [0.5, 0.6) is 0 Å². The van der Waals surface area contributed by atoms with Crippen LogP contribution in [0, 0.1) is 10.1 Å². The van der Waals surface area contributed by atoms with Crippen molar-refractivity contribution in [2.75, 3.05) is 26.2 Å². The Kier molecular flexibility index (Phi) is 16.1. The van der Waals surface area contributed by atoms with Crippen LogP contribution in [0.25, 0.3) is 0 Å². The number of rotatable bonds is 16. The van der Waals surface area contributed by atoms with Crippen LogP contribution in [0.15, 0.2) is 20.5 Å². The Bertz CT molecular complexity index is 486. The molecule has 0 spiro atoms. The normalized spacial score (nSPS) is 11.8. The van der Waals surface area contributed by atoms with Crippen LogP contribution in [-0.2, 0) is 0 Å². The fourth-order valence-electron chi connectivity index (χ4n) is 2.89. The number of nitro groups is 1. The van der Waals surface area contributed by atoms with E-state index in [1.807, 2.05) is 0 Å². The summed E-state index contributed by atoms with van der Waals surface area (Å²) in [6.45, 7) is 11.6. The summed E-state index contributed by atoms with van der Waals surface area (Å²) in [5, 5.41) is 12.0. The Balaban J connectivity index is 6.49. The molecule has 0 unspecified atom stereocenters. The van der Waals surface area contributed by atoms with Crippen LogP contribution in [0.1, 0.15) is 79.1 Å². The zero-order chi connectivity index (χ0) is 21.5. The lowest BCUT2D eigenvalue weighted by atomic mass is 10.2. The van der Waals surface area contributed by atoms with E-state index in [4.69, 9.17) is 23.2 Å². The summed E-state index contributed by atoms with van der Waals surface area (Å²) in [6.07, 6.45) is 7.97. The Morgan fingerprint density at radius 3 is 1.36 bits per heavy atom. The second-order valence-electron chi connectivity index (χ2n) is 6.89. The average molecular weight is 501 g/mol. The molecular formula is C20H36BrCl2N3O2. The van der Waals surface area contributed by atoms with Crippen molar-refractivity contribution >= 4 is 39.1 Å². The first-order chi connectivity index (χ1) is 13.3. The van der Waals surface area contributed by atoms with Gasteiger partial charge >= 0.3 is 5.70 Å². The van der Waals surface area contributed by atoms with Gasteiger partial charge in [-0.2, -0.15) is 0 Å². The summed E-state index contributed by atoms with van der Waals surface area (Å²) >= 11 is 15.5. The molecule has 0 bridgehead atoms. The smallest absolute Gasteiger partial charge is 0.329 e. The molecule has 0 atom stereocenters. The van der Waals surface area contributed by atoms with Crippen molar-refractivity contribution in [3.05, 3.63) is 30.6 Å². The molecule has 0 saturated heterocycles. The third-order valence-electron chi connectivity index (χ3n) is 4.49. The lowest BCUT2D eigenvalue weighted by Gasteiger charge is -2.36. The molecule has 5 nitrogen and oxygen atoms in total. The van der Waals surface area contributed by atoms with Gasteiger partial charge in [-0.05, 0) is 41.6 Å². The van der Waals surface area contributed by atoms with Gasteiger partial charge in [0, 0.05) is 26.2 Å². The molecule has 0 aliphatic carbocycles. The van der Waals surface area contributed by atoms with Gasteiger partial charge in [-0.25, -0.2) is 0 Å². The summed E-state index contributed by atoms with van der Waals surface area (Å²) in [6, 6.07) is 0. The first kappa shape index (κ1) is 27.5. The maximum atomic E-state index is 12.1. The molecule has 0 aromatic carbocycles. The van der Waals surface area contributed by atoms with E-state index in [2.05, 4.69) is 53.4 Å². The van der Waals surface area contributed by atoms with Crippen molar-refractivity contribution in [2.45, 2.75) is 79.1 Å². The highest BCUT2D eigenvalue weighted by atomic mass is 79.9. The van der Waals surface area contributed by atoms with E-state index in [1.54, 1.807) is 0 Å². The molecule has 28 heavy (non-hydrogen) atoms. The summed E-state index contributed by atoms with van der Waals surface area (Å²) < 4.78 is 0.0650. The van der Waals surface area contributed by atoms with Crippen molar-refractivity contribution in [2.24, 2.45) is 0 Å². The van der Waals surface area contributed by atoms with Crippen LogP contribution < -0.4 is 0 Å². The Hall–Kier alpha value is -0.460. The number of hydrogen-bond donors (Lipinski definition) is 0. The Labute approximate surface area is 189 Å². The Morgan fingerprint density at radius 1 is 0.821 bits per heavy atom. The van der Waals surface area contributed by atoms with Crippen LogP contribution in [0.2, 0.25) is 0 Å². The second kappa shape index (κ2) is 16.3. The van der Waals surface area contributed by atoms with Crippen molar-refractivity contribution in [3.63, 3.8) is 0 Å². The third kappa shape index (κ3) is 9.84. The molecule has 0 aliphatic heterocycles. The monoisotopic (exact) mass is 499 g/mol. The minimum absolute atomic E-state index is 0.0438. The quantitative estimate of drug-likeness (QED) is 0.127. The van der Waals surface area contributed by atoms with E-state index >= 15 is 0 Å². The summed E-state index contributed by atoms with van der Waals surface area (Å²) in [7, 11) is 0. The number of nitrogens with zero attached hydrogens (tertiary/aromatic N) is 3. The number of hydrogen-bond acceptors (Lipinski definition) is 4. The molecule has 0 amide bonds. The molecule has 0 saturated carbocycles. The number of allylic oxidation sites excluding steroid dienone is 1. The van der Waals surface area contributed by atoms with Crippen LogP contribution in [0.4, 0.5) is 0 Å². The van der Waals surface area contributed by atoms with E-state index in [1.165, 1.54) is 0 Å². The standard InChI is InChI=1S/C20H36BrCl2N3O2/c1-5-9-13-24(14-10-6-2)20(18(26(27)28)17(22)19(21)23)25(15-11-7-3)16-12-8-4/h5-16H2,1-4H3. The third-order valence-corrected chi connectivity index (χ3v) is 5.77. The van der Waals surface area contributed by atoms with Gasteiger partial charge in [0.15, 0.2) is 5.82 Å². The molecule has 0 aliphatic rings. The summed E-state index contributed by atoms with van der Waals surface area (Å²) in [4.78, 5) is 16.0. The first-order valence-electron chi connectivity index (χ1n) is 10.4. The molecule has 0 heterocycles. The molecular weight excluding hydrogens is 465 g/mol. The van der Waals surface area contributed by atoms with Crippen LogP contribution in [0.3, 0.4) is 0 Å². The molecule has 0 fully saturated rings. The van der Waals surface area contributed by atoms with E-state index in [9.17, 15) is 10.1 Å².